The van der Waals surface area contributed by atoms with Crippen LogP contribution in [0.2, 0.25) is 0 Å². The molecular formula is C6H9IN2. The number of hydrogen-bond acceptors (Lipinski definition) is 2. The molecule has 50 valence electrons. The Morgan fingerprint density at radius 1 is 1.67 bits per heavy atom. The van der Waals surface area contributed by atoms with E-state index in [0.717, 1.165) is 9.28 Å². The van der Waals surface area contributed by atoms with Crippen LogP contribution >= 0.6 is 22.6 Å². The molecule has 3 heteroatoms. The van der Waals surface area contributed by atoms with Gasteiger partial charge in [-0.15, -0.1) is 0 Å². The molecule has 0 aliphatic heterocycles. The van der Waals surface area contributed by atoms with Crippen molar-refractivity contribution in [3.05, 3.63) is 9.28 Å². The quantitative estimate of drug-likeness (QED) is 0.398. The number of allylic oxidation sites excluding steroid dienone is 1. The topological polar surface area (TPSA) is 24.7 Å². The van der Waals surface area contributed by atoms with Gasteiger partial charge < -0.3 is 0 Å². The van der Waals surface area contributed by atoms with Gasteiger partial charge in [0, 0.05) is 13.3 Å². The summed E-state index contributed by atoms with van der Waals surface area (Å²) in [6.07, 6.45) is 1.76. The highest BCUT2D eigenvalue weighted by Gasteiger charge is 1.88. The minimum atomic E-state index is 0.901. The average molecular weight is 236 g/mol. The lowest BCUT2D eigenvalue weighted by Crippen LogP contribution is -1.78. The van der Waals surface area contributed by atoms with Crippen molar-refractivity contribution in [1.82, 2.24) is 0 Å². The monoisotopic (exact) mass is 236 g/mol. The molecule has 0 saturated carbocycles. The fourth-order valence-electron chi connectivity index (χ4n) is 0.372. The lowest BCUT2D eigenvalue weighted by Gasteiger charge is -1.90. The van der Waals surface area contributed by atoms with E-state index in [1.165, 1.54) is 0 Å². The van der Waals surface area contributed by atoms with Gasteiger partial charge in [0.25, 0.3) is 0 Å². The van der Waals surface area contributed by atoms with Crippen LogP contribution < -0.4 is 0 Å². The smallest absolute Gasteiger partial charge is 0.105 e. The fraction of sp³-hybridized carbons (Fsp3) is 0.333. The van der Waals surface area contributed by atoms with Crippen LogP contribution in [0.4, 0.5) is 0 Å². The molecule has 0 aliphatic carbocycles. The highest BCUT2D eigenvalue weighted by Crippen LogP contribution is 2.10. The number of halogens is 1. The minimum absolute atomic E-state index is 0.901. The third kappa shape index (κ3) is 3.40. The van der Waals surface area contributed by atoms with E-state index in [1.54, 1.807) is 13.3 Å². The summed E-state index contributed by atoms with van der Waals surface area (Å²) in [6.45, 7) is 5.33. The molecule has 0 atom stereocenters. The van der Waals surface area contributed by atoms with Gasteiger partial charge in [-0.25, -0.2) is 0 Å². The van der Waals surface area contributed by atoms with E-state index in [-0.39, 0.29) is 0 Å². The van der Waals surface area contributed by atoms with Crippen molar-refractivity contribution in [1.29, 1.82) is 0 Å². The Balaban J connectivity index is 4.27. The summed E-state index contributed by atoms with van der Waals surface area (Å²) in [5, 5.41) is 0. The van der Waals surface area contributed by atoms with Gasteiger partial charge in [0.05, 0.1) is 0 Å². The molecule has 0 saturated heterocycles. The maximum absolute atomic E-state index is 3.83. The van der Waals surface area contributed by atoms with Crippen LogP contribution in [-0.4, -0.2) is 20.0 Å². The summed E-state index contributed by atoms with van der Waals surface area (Å²) >= 11 is 2.11. The van der Waals surface area contributed by atoms with Gasteiger partial charge in [0.2, 0.25) is 0 Å². The van der Waals surface area contributed by atoms with E-state index in [0.29, 0.717) is 0 Å². The van der Waals surface area contributed by atoms with Crippen molar-refractivity contribution in [3.63, 3.8) is 0 Å². The van der Waals surface area contributed by atoms with Crippen LogP contribution in [-0.2, 0) is 0 Å². The molecule has 0 aliphatic rings. The molecule has 0 aromatic heterocycles. The predicted octanol–water partition coefficient (Wildman–Crippen LogP) is 2.05. The third-order valence-corrected chi connectivity index (χ3v) is 1.98. The third-order valence-electron chi connectivity index (χ3n) is 0.787. The van der Waals surface area contributed by atoms with Gasteiger partial charge in [-0.3, -0.25) is 9.98 Å². The molecular weight excluding hydrogens is 227 g/mol. The summed E-state index contributed by atoms with van der Waals surface area (Å²) in [5.74, 6) is 0. The summed E-state index contributed by atoms with van der Waals surface area (Å²) in [6, 6.07) is 0. The molecule has 0 aromatic carbocycles. The van der Waals surface area contributed by atoms with Crippen molar-refractivity contribution >= 4 is 35.5 Å². The molecule has 0 fully saturated rings. The van der Waals surface area contributed by atoms with Crippen LogP contribution in [0.5, 0.6) is 0 Å². The first-order valence-corrected chi connectivity index (χ1v) is 3.55. The first kappa shape index (κ1) is 8.81. The number of aliphatic imine (C=N–C) groups is 2. The Hall–Kier alpha value is -0.190. The van der Waals surface area contributed by atoms with E-state index < -0.39 is 0 Å². The predicted molar refractivity (Wildman–Crippen MR) is 50.7 cm³/mol. The van der Waals surface area contributed by atoms with Crippen molar-refractivity contribution in [2.75, 3.05) is 7.05 Å². The summed E-state index contributed by atoms with van der Waals surface area (Å²) in [5.41, 5.74) is 1.05. The molecule has 0 N–H and O–H groups in total. The van der Waals surface area contributed by atoms with E-state index >= 15 is 0 Å². The van der Waals surface area contributed by atoms with Gasteiger partial charge >= 0.3 is 0 Å². The molecule has 0 heterocycles. The van der Waals surface area contributed by atoms with E-state index in [4.69, 9.17) is 0 Å². The molecule has 9 heavy (non-hydrogen) atoms. The second-order valence-corrected chi connectivity index (χ2v) is 2.54. The van der Waals surface area contributed by atoms with Gasteiger partial charge in [-0.1, -0.05) is 0 Å². The van der Waals surface area contributed by atoms with Crippen molar-refractivity contribution in [3.8, 4) is 0 Å². The van der Waals surface area contributed by atoms with Gasteiger partial charge in [-0.2, -0.15) is 0 Å². The first-order valence-electron chi connectivity index (χ1n) is 2.47. The highest BCUT2D eigenvalue weighted by molar-refractivity contribution is 14.1. The highest BCUT2D eigenvalue weighted by atomic mass is 127. The molecule has 0 amide bonds. The molecule has 0 bridgehead atoms. The first-order chi connectivity index (χ1) is 4.22. The standard InChI is InChI=1S/C6H9IN2/c1-5(4-8-2)6(7)9-3/h4H,3H2,1-2H3/b6-5-,8-4-. The van der Waals surface area contributed by atoms with Gasteiger partial charge in [-0.05, 0) is 41.8 Å². The molecule has 0 rings (SSSR count). The normalized spacial score (nSPS) is 13.7. The van der Waals surface area contributed by atoms with Crippen LogP contribution in [0.15, 0.2) is 19.3 Å². The maximum Gasteiger partial charge on any atom is 0.105 e. The van der Waals surface area contributed by atoms with E-state index in [9.17, 15) is 0 Å². The summed E-state index contributed by atoms with van der Waals surface area (Å²) < 4.78 is 0.901. The molecule has 0 radical (unpaired) electrons. The second-order valence-electron chi connectivity index (χ2n) is 1.52. The Bertz CT molecular complexity index is 158. The number of hydrogen-bond donors (Lipinski definition) is 0. The number of nitrogens with zero attached hydrogens (tertiary/aromatic N) is 2. The Kier molecular flexibility index (Phi) is 4.57. The Labute approximate surface area is 68.9 Å². The van der Waals surface area contributed by atoms with Crippen LogP contribution in [0.25, 0.3) is 0 Å². The van der Waals surface area contributed by atoms with Crippen molar-refractivity contribution < 1.29 is 0 Å². The van der Waals surface area contributed by atoms with E-state index in [2.05, 4.69) is 39.3 Å². The molecule has 0 unspecified atom stereocenters. The van der Waals surface area contributed by atoms with E-state index in [1.807, 2.05) is 6.92 Å². The van der Waals surface area contributed by atoms with Gasteiger partial charge in [0.15, 0.2) is 0 Å². The molecule has 0 aromatic rings. The SMILES string of the molecule is C=N/C(I)=C(C)\C=N/C. The van der Waals surface area contributed by atoms with Crippen LogP contribution in [0.3, 0.4) is 0 Å². The van der Waals surface area contributed by atoms with Crippen LogP contribution in [0.1, 0.15) is 6.92 Å². The van der Waals surface area contributed by atoms with Gasteiger partial charge in [0.1, 0.15) is 3.70 Å². The lowest BCUT2D eigenvalue weighted by atomic mass is 10.4. The average Bonchev–Trinajstić information content (AvgIpc) is 1.87. The zero-order chi connectivity index (χ0) is 7.28. The summed E-state index contributed by atoms with van der Waals surface area (Å²) in [4.78, 5) is 7.56. The largest absolute Gasteiger partial charge is 0.296 e. The minimum Gasteiger partial charge on any atom is -0.296 e. The van der Waals surface area contributed by atoms with Crippen molar-refractivity contribution in [2.45, 2.75) is 6.92 Å². The van der Waals surface area contributed by atoms with Crippen LogP contribution in [0, 0.1) is 0 Å². The zero-order valence-corrected chi connectivity index (χ0v) is 7.71. The summed E-state index contributed by atoms with van der Waals surface area (Å²) in [7, 11) is 1.73. The second kappa shape index (κ2) is 4.67. The zero-order valence-electron chi connectivity index (χ0n) is 5.56. The van der Waals surface area contributed by atoms with Crippen molar-refractivity contribution in [2.24, 2.45) is 9.98 Å². The maximum atomic E-state index is 3.83. The Morgan fingerprint density at radius 3 is 2.56 bits per heavy atom. The fourth-order valence-corrected chi connectivity index (χ4v) is 0.511. The lowest BCUT2D eigenvalue weighted by molar-refractivity contribution is 1.42. The number of rotatable bonds is 2. The molecule has 0 spiro atoms. The Morgan fingerprint density at radius 2 is 2.22 bits per heavy atom. The molecule has 2 nitrogen and oxygen atoms in total.